The largest absolute Gasteiger partial charge is 0.480 e. The first-order valence-corrected chi connectivity index (χ1v) is 4.97. The van der Waals surface area contributed by atoms with Crippen LogP contribution in [0.15, 0.2) is 0 Å². The average Bonchev–Trinajstić information content (AvgIpc) is 2.00. The number of amides is 1. The van der Waals surface area contributed by atoms with Crippen LogP contribution >= 0.6 is 0 Å². The van der Waals surface area contributed by atoms with Gasteiger partial charge in [-0.15, -0.1) is 0 Å². The van der Waals surface area contributed by atoms with Crippen molar-refractivity contribution in [3.05, 3.63) is 0 Å². The standard InChI is InChI=1S/C10H20N2O3/c1-8(2)5-12(7-10(14)15)6-9(13)11(3)4/h8H,5-7H2,1-4H3,(H,14,15). The maximum Gasteiger partial charge on any atom is 0.317 e. The second-order valence-corrected chi connectivity index (χ2v) is 4.25. The Morgan fingerprint density at radius 1 is 1.20 bits per heavy atom. The van der Waals surface area contributed by atoms with E-state index in [0.717, 1.165) is 0 Å². The lowest BCUT2D eigenvalue weighted by atomic mass is 10.2. The molecule has 5 heteroatoms. The Morgan fingerprint density at radius 2 is 1.73 bits per heavy atom. The molecule has 88 valence electrons. The molecule has 0 spiro atoms. The van der Waals surface area contributed by atoms with E-state index in [4.69, 9.17) is 5.11 Å². The summed E-state index contributed by atoms with van der Waals surface area (Å²) in [6.07, 6.45) is 0. The molecule has 5 nitrogen and oxygen atoms in total. The molecule has 0 saturated carbocycles. The third-order valence-corrected chi connectivity index (χ3v) is 1.84. The zero-order valence-electron chi connectivity index (χ0n) is 9.86. The number of carboxylic acids is 1. The second-order valence-electron chi connectivity index (χ2n) is 4.25. The minimum atomic E-state index is -0.901. The summed E-state index contributed by atoms with van der Waals surface area (Å²) in [6, 6.07) is 0. The van der Waals surface area contributed by atoms with Crippen LogP contribution in [-0.2, 0) is 9.59 Å². The van der Waals surface area contributed by atoms with Crippen molar-refractivity contribution in [2.75, 3.05) is 33.7 Å². The fourth-order valence-electron chi connectivity index (χ4n) is 1.23. The van der Waals surface area contributed by atoms with Crippen molar-refractivity contribution in [3.63, 3.8) is 0 Å². The first kappa shape index (κ1) is 13.9. The monoisotopic (exact) mass is 216 g/mol. The number of rotatable bonds is 6. The van der Waals surface area contributed by atoms with E-state index in [0.29, 0.717) is 12.5 Å². The molecule has 0 aliphatic carbocycles. The predicted octanol–water partition coefficient (Wildman–Crippen LogP) is 0.117. The van der Waals surface area contributed by atoms with Crippen LogP contribution in [0.2, 0.25) is 0 Å². The first-order chi connectivity index (χ1) is 6.82. The van der Waals surface area contributed by atoms with Gasteiger partial charge in [0.05, 0.1) is 13.1 Å². The van der Waals surface area contributed by atoms with E-state index in [1.807, 2.05) is 13.8 Å². The molecule has 0 saturated heterocycles. The Bertz CT molecular complexity index is 227. The zero-order valence-corrected chi connectivity index (χ0v) is 9.86. The molecule has 0 aromatic rings. The van der Waals surface area contributed by atoms with Crippen LogP contribution in [0.5, 0.6) is 0 Å². The molecule has 15 heavy (non-hydrogen) atoms. The van der Waals surface area contributed by atoms with Gasteiger partial charge in [0.2, 0.25) is 5.91 Å². The van der Waals surface area contributed by atoms with Crippen molar-refractivity contribution in [3.8, 4) is 0 Å². The maximum atomic E-state index is 11.4. The highest BCUT2D eigenvalue weighted by Crippen LogP contribution is 1.99. The minimum Gasteiger partial charge on any atom is -0.480 e. The summed E-state index contributed by atoms with van der Waals surface area (Å²) in [7, 11) is 3.33. The van der Waals surface area contributed by atoms with Crippen LogP contribution in [0.3, 0.4) is 0 Å². The van der Waals surface area contributed by atoms with E-state index in [2.05, 4.69) is 0 Å². The normalized spacial score (nSPS) is 10.8. The fourth-order valence-corrected chi connectivity index (χ4v) is 1.23. The van der Waals surface area contributed by atoms with Crippen molar-refractivity contribution in [1.82, 2.24) is 9.80 Å². The number of carbonyl (C=O) groups is 2. The molecular weight excluding hydrogens is 196 g/mol. The summed E-state index contributed by atoms with van der Waals surface area (Å²) in [4.78, 5) is 25.1. The predicted molar refractivity (Wildman–Crippen MR) is 57.6 cm³/mol. The van der Waals surface area contributed by atoms with E-state index in [-0.39, 0.29) is 19.0 Å². The van der Waals surface area contributed by atoms with Crippen molar-refractivity contribution in [2.45, 2.75) is 13.8 Å². The van der Waals surface area contributed by atoms with Crippen LogP contribution in [0.1, 0.15) is 13.8 Å². The molecule has 0 aromatic heterocycles. The molecule has 1 N–H and O–H groups in total. The maximum absolute atomic E-state index is 11.4. The number of carboxylic acid groups (broad SMARTS) is 1. The molecule has 1 amide bonds. The lowest BCUT2D eigenvalue weighted by Gasteiger charge is -2.23. The van der Waals surface area contributed by atoms with E-state index in [1.54, 1.807) is 19.0 Å². The van der Waals surface area contributed by atoms with Crippen molar-refractivity contribution in [2.24, 2.45) is 5.92 Å². The van der Waals surface area contributed by atoms with Gasteiger partial charge in [-0.3, -0.25) is 14.5 Å². The third kappa shape index (κ3) is 6.90. The van der Waals surface area contributed by atoms with Gasteiger partial charge in [0.15, 0.2) is 0 Å². The Morgan fingerprint density at radius 3 is 2.07 bits per heavy atom. The molecule has 0 fully saturated rings. The van der Waals surface area contributed by atoms with Gasteiger partial charge in [0.25, 0.3) is 0 Å². The quantitative estimate of drug-likeness (QED) is 0.685. The Balaban J connectivity index is 4.23. The molecule has 0 aliphatic rings. The number of carbonyl (C=O) groups excluding carboxylic acids is 1. The van der Waals surface area contributed by atoms with Gasteiger partial charge in [-0.1, -0.05) is 13.8 Å². The summed E-state index contributed by atoms with van der Waals surface area (Å²) < 4.78 is 0. The lowest BCUT2D eigenvalue weighted by Crippen LogP contribution is -2.41. The zero-order chi connectivity index (χ0) is 12.0. The van der Waals surface area contributed by atoms with Gasteiger partial charge in [0, 0.05) is 20.6 Å². The molecule has 0 bridgehead atoms. The van der Waals surface area contributed by atoms with E-state index < -0.39 is 5.97 Å². The smallest absolute Gasteiger partial charge is 0.317 e. The van der Waals surface area contributed by atoms with Gasteiger partial charge in [-0.05, 0) is 5.92 Å². The number of hydrogen-bond acceptors (Lipinski definition) is 3. The first-order valence-electron chi connectivity index (χ1n) is 4.97. The Kier molecular flexibility index (Phi) is 5.93. The molecule has 0 radical (unpaired) electrons. The summed E-state index contributed by atoms with van der Waals surface area (Å²) in [5.74, 6) is -0.626. The van der Waals surface area contributed by atoms with Crippen molar-refractivity contribution >= 4 is 11.9 Å². The van der Waals surface area contributed by atoms with Gasteiger partial charge in [0.1, 0.15) is 0 Å². The summed E-state index contributed by atoms with van der Waals surface area (Å²) in [6.45, 7) is 4.69. The molecule has 0 atom stereocenters. The molecule has 0 aromatic carbocycles. The van der Waals surface area contributed by atoms with E-state index >= 15 is 0 Å². The summed E-state index contributed by atoms with van der Waals surface area (Å²) in [5, 5.41) is 8.68. The molecule has 0 heterocycles. The van der Waals surface area contributed by atoms with Gasteiger partial charge < -0.3 is 10.0 Å². The van der Waals surface area contributed by atoms with Crippen molar-refractivity contribution < 1.29 is 14.7 Å². The van der Waals surface area contributed by atoms with Crippen LogP contribution in [0.25, 0.3) is 0 Å². The number of likely N-dealkylation sites (N-methyl/N-ethyl adjacent to an activating group) is 1. The molecule has 0 unspecified atom stereocenters. The Hall–Kier alpha value is -1.10. The molecular formula is C10H20N2O3. The summed E-state index contributed by atoms with van der Waals surface area (Å²) in [5.41, 5.74) is 0. The van der Waals surface area contributed by atoms with Gasteiger partial charge in [-0.2, -0.15) is 0 Å². The van der Waals surface area contributed by atoms with Crippen LogP contribution in [0.4, 0.5) is 0 Å². The number of nitrogens with zero attached hydrogens (tertiary/aromatic N) is 2. The summed E-state index contributed by atoms with van der Waals surface area (Å²) >= 11 is 0. The topological polar surface area (TPSA) is 60.9 Å². The van der Waals surface area contributed by atoms with Crippen LogP contribution in [-0.4, -0.2) is 60.5 Å². The van der Waals surface area contributed by atoms with Crippen LogP contribution < -0.4 is 0 Å². The second kappa shape index (κ2) is 6.40. The fraction of sp³-hybridized carbons (Fsp3) is 0.800. The SMILES string of the molecule is CC(C)CN(CC(=O)O)CC(=O)N(C)C. The lowest BCUT2D eigenvalue weighted by molar-refractivity contribution is -0.139. The molecule has 0 rings (SSSR count). The Labute approximate surface area is 90.7 Å². The number of hydrogen-bond donors (Lipinski definition) is 1. The number of aliphatic carboxylic acids is 1. The van der Waals surface area contributed by atoms with Gasteiger partial charge in [-0.25, -0.2) is 0 Å². The average molecular weight is 216 g/mol. The highest BCUT2D eigenvalue weighted by Gasteiger charge is 2.15. The molecule has 0 aliphatic heterocycles. The van der Waals surface area contributed by atoms with Crippen molar-refractivity contribution in [1.29, 1.82) is 0 Å². The van der Waals surface area contributed by atoms with Gasteiger partial charge >= 0.3 is 5.97 Å². The minimum absolute atomic E-state index is 0.0723. The highest BCUT2D eigenvalue weighted by molar-refractivity contribution is 5.78. The third-order valence-electron chi connectivity index (χ3n) is 1.84. The van der Waals surface area contributed by atoms with E-state index in [1.165, 1.54) is 4.90 Å². The highest BCUT2D eigenvalue weighted by atomic mass is 16.4. The van der Waals surface area contributed by atoms with Crippen LogP contribution in [0, 0.1) is 5.92 Å². The van der Waals surface area contributed by atoms with E-state index in [9.17, 15) is 9.59 Å².